The topological polar surface area (TPSA) is 28.2 Å². The van der Waals surface area contributed by atoms with Gasteiger partial charge in [0.25, 0.3) is 0 Å². The summed E-state index contributed by atoms with van der Waals surface area (Å²) in [4.78, 5) is 7.15. The van der Waals surface area contributed by atoms with Crippen molar-refractivity contribution >= 4 is 0 Å². The van der Waals surface area contributed by atoms with Crippen molar-refractivity contribution in [2.24, 2.45) is 0 Å². The first kappa shape index (κ1) is 13.3. The second kappa shape index (κ2) is 6.16. The Morgan fingerprint density at radius 2 is 2.00 bits per heavy atom. The van der Waals surface area contributed by atoms with Gasteiger partial charge in [0.2, 0.25) is 0 Å². The van der Waals surface area contributed by atoms with Crippen molar-refractivity contribution in [2.75, 3.05) is 19.6 Å². The Morgan fingerprint density at radius 3 is 2.80 bits per heavy atom. The molecule has 0 spiro atoms. The van der Waals surface area contributed by atoms with Gasteiger partial charge in [0.05, 0.1) is 5.69 Å². The van der Waals surface area contributed by atoms with E-state index in [0.29, 0.717) is 6.04 Å². The zero-order valence-corrected chi connectivity index (χ0v) is 11.9. The van der Waals surface area contributed by atoms with Crippen molar-refractivity contribution in [3.05, 3.63) is 65.5 Å². The van der Waals surface area contributed by atoms with Gasteiger partial charge in [-0.1, -0.05) is 36.4 Å². The molecule has 0 unspecified atom stereocenters. The van der Waals surface area contributed by atoms with E-state index in [2.05, 4.69) is 70.7 Å². The van der Waals surface area contributed by atoms with Crippen LogP contribution in [0.4, 0.5) is 0 Å². The van der Waals surface area contributed by atoms with E-state index >= 15 is 0 Å². The molecule has 1 aromatic carbocycles. The van der Waals surface area contributed by atoms with Crippen LogP contribution in [0, 0.1) is 6.92 Å². The first-order valence-electron chi connectivity index (χ1n) is 7.25. The molecule has 3 rings (SSSR count). The molecule has 104 valence electrons. The van der Waals surface area contributed by atoms with E-state index in [9.17, 15) is 0 Å². The van der Waals surface area contributed by atoms with Gasteiger partial charge in [-0.25, -0.2) is 0 Å². The van der Waals surface area contributed by atoms with Crippen LogP contribution in [0.25, 0.3) is 0 Å². The summed E-state index contributed by atoms with van der Waals surface area (Å²) in [6, 6.07) is 17.5. The molecule has 1 aromatic heterocycles. The Balaban J connectivity index is 1.79. The number of nitrogens with one attached hydrogen (secondary N) is 1. The Morgan fingerprint density at radius 1 is 1.15 bits per heavy atom. The SMILES string of the molecule is Cc1cccc(CN2CCNC[C@H]2c2ccccc2)n1. The fourth-order valence-corrected chi connectivity index (χ4v) is 2.84. The lowest BCUT2D eigenvalue weighted by Crippen LogP contribution is -2.45. The van der Waals surface area contributed by atoms with Gasteiger partial charge in [0.15, 0.2) is 0 Å². The molecule has 1 atom stereocenters. The third kappa shape index (κ3) is 3.06. The molecule has 0 saturated carbocycles. The van der Waals surface area contributed by atoms with Crippen molar-refractivity contribution in [3.63, 3.8) is 0 Å². The maximum absolute atomic E-state index is 4.63. The van der Waals surface area contributed by atoms with Crippen molar-refractivity contribution < 1.29 is 0 Å². The minimum atomic E-state index is 0.437. The smallest absolute Gasteiger partial charge is 0.0547 e. The standard InChI is InChI=1S/C17H21N3/c1-14-6-5-9-16(19-14)13-20-11-10-18-12-17(20)15-7-3-2-4-8-15/h2-9,17-18H,10-13H2,1H3/t17-/m0/s1. The predicted octanol–water partition coefficient (Wildman–Crippen LogP) is 2.54. The van der Waals surface area contributed by atoms with Crippen LogP contribution < -0.4 is 5.32 Å². The molecule has 2 aromatic rings. The van der Waals surface area contributed by atoms with Crippen LogP contribution in [-0.4, -0.2) is 29.5 Å². The molecule has 1 N–H and O–H groups in total. The van der Waals surface area contributed by atoms with Gasteiger partial charge in [-0.3, -0.25) is 9.88 Å². The summed E-state index contributed by atoms with van der Waals surface area (Å²) in [6.45, 7) is 6.10. The van der Waals surface area contributed by atoms with E-state index in [0.717, 1.165) is 37.6 Å². The number of benzene rings is 1. The molecular formula is C17H21N3. The maximum atomic E-state index is 4.63. The van der Waals surface area contributed by atoms with E-state index in [4.69, 9.17) is 0 Å². The molecule has 0 radical (unpaired) electrons. The number of hydrogen-bond acceptors (Lipinski definition) is 3. The Hall–Kier alpha value is -1.71. The average Bonchev–Trinajstić information content (AvgIpc) is 2.49. The van der Waals surface area contributed by atoms with E-state index in [1.165, 1.54) is 5.56 Å². The van der Waals surface area contributed by atoms with E-state index in [1.807, 2.05) is 0 Å². The lowest BCUT2D eigenvalue weighted by molar-refractivity contribution is 0.152. The summed E-state index contributed by atoms with van der Waals surface area (Å²) in [5.74, 6) is 0. The van der Waals surface area contributed by atoms with Crippen molar-refractivity contribution in [3.8, 4) is 0 Å². The van der Waals surface area contributed by atoms with Crippen molar-refractivity contribution in [2.45, 2.75) is 19.5 Å². The van der Waals surface area contributed by atoms with Gasteiger partial charge in [-0.2, -0.15) is 0 Å². The van der Waals surface area contributed by atoms with Crippen LogP contribution in [0.15, 0.2) is 48.5 Å². The van der Waals surface area contributed by atoms with Crippen LogP contribution in [0.1, 0.15) is 23.0 Å². The summed E-state index contributed by atoms with van der Waals surface area (Å²) >= 11 is 0. The molecule has 1 aliphatic rings. The van der Waals surface area contributed by atoms with Gasteiger partial charge in [-0.05, 0) is 24.6 Å². The quantitative estimate of drug-likeness (QED) is 0.926. The van der Waals surface area contributed by atoms with Gasteiger partial charge < -0.3 is 5.32 Å². The largest absolute Gasteiger partial charge is 0.314 e. The fraction of sp³-hybridized carbons (Fsp3) is 0.353. The number of nitrogens with zero attached hydrogens (tertiary/aromatic N) is 2. The molecule has 1 fully saturated rings. The summed E-state index contributed by atoms with van der Waals surface area (Å²) in [6.07, 6.45) is 0. The van der Waals surface area contributed by atoms with Crippen LogP contribution in [-0.2, 0) is 6.54 Å². The molecule has 20 heavy (non-hydrogen) atoms. The highest BCUT2D eigenvalue weighted by atomic mass is 15.2. The van der Waals surface area contributed by atoms with E-state index in [1.54, 1.807) is 0 Å². The maximum Gasteiger partial charge on any atom is 0.0547 e. The molecule has 1 aliphatic heterocycles. The second-order valence-electron chi connectivity index (χ2n) is 5.37. The minimum Gasteiger partial charge on any atom is -0.314 e. The molecule has 1 saturated heterocycles. The van der Waals surface area contributed by atoms with Crippen LogP contribution >= 0.6 is 0 Å². The number of aromatic nitrogens is 1. The van der Waals surface area contributed by atoms with Crippen molar-refractivity contribution in [1.82, 2.24) is 15.2 Å². The molecule has 3 heteroatoms. The van der Waals surface area contributed by atoms with Gasteiger partial charge in [0, 0.05) is 37.9 Å². The van der Waals surface area contributed by atoms with E-state index in [-0.39, 0.29) is 0 Å². The monoisotopic (exact) mass is 267 g/mol. The zero-order valence-electron chi connectivity index (χ0n) is 11.9. The number of hydrogen-bond donors (Lipinski definition) is 1. The Bertz CT molecular complexity index is 553. The number of piperazine rings is 1. The fourth-order valence-electron chi connectivity index (χ4n) is 2.84. The highest BCUT2D eigenvalue weighted by molar-refractivity contribution is 5.20. The van der Waals surface area contributed by atoms with Gasteiger partial charge >= 0.3 is 0 Å². The third-order valence-corrected chi connectivity index (χ3v) is 3.85. The molecule has 0 aliphatic carbocycles. The highest BCUT2D eigenvalue weighted by Gasteiger charge is 2.23. The molecule has 0 bridgehead atoms. The molecule has 0 amide bonds. The molecular weight excluding hydrogens is 246 g/mol. The first-order chi connectivity index (χ1) is 9.83. The predicted molar refractivity (Wildman–Crippen MR) is 81.4 cm³/mol. The molecule has 2 heterocycles. The summed E-state index contributed by atoms with van der Waals surface area (Å²) in [5.41, 5.74) is 3.63. The van der Waals surface area contributed by atoms with Crippen LogP contribution in [0.3, 0.4) is 0 Å². The highest BCUT2D eigenvalue weighted by Crippen LogP contribution is 2.23. The Kier molecular flexibility index (Phi) is 4.09. The third-order valence-electron chi connectivity index (χ3n) is 3.85. The second-order valence-corrected chi connectivity index (χ2v) is 5.37. The number of pyridine rings is 1. The average molecular weight is 267 g/mol. The number of rotatable bonds is 3. The van der Waals surface area contributed by atoms with Crippen LogP contribution in [0.5, 0.6) is 0 Å². The van der Waals surface area contributed by atoms with Gasteiger partial charge in [0.1, 0.15) is 0 Å². The normalized spacial score (nSPS) is 19.9. The lowest BCUT2D eigenvalue weighted by Gasteiger charge is -2.36. The summed E-state index contributed by atoms with van der Waals surface area (Å²) < 4.78 is 0. The van der Waals surface area contributed by atoms with Crippen molar-refractivity contribution in [1.29, 1.82) is 0 Å². The van der Waals surface area contributed by atoms with Crippen LogP contribution in [0.2, 0.25) is 0 Å². The summed E-state index contributed by atoms with van der Waals surface area (Å²) in [5, 5.41) is 3.50. The number of aryl methyl sites for hydroxylation is 1. The minimum absolute atomic E-state index is 0.437. The van der Waals surface area contributed by atoms with E-state index < -0.39 is 0 Å². The summed E-state index contributed by atoms with van der Waals surface area (Å²) in [7, 11) is 0. The molecule has 3 nitrogen and oxygen atoms in total. The lowest BCUT2D eigenvalue weighted by atomic mass is 10.0. The first-order valence-corrected chi connectivity index (χ1v) is 7.25. The zero-order chi connectivity index (χ0) is 13.8. The van der Waals surface area contributed by atoms with Gasteiger partial charge in [-0.15, -0.1) is 0 Å². The Labute approximate surface area is 120 Å².